The molecule has 0 aliphatic heterocycles. The van der Waals surface area contributed by atoms with Crippen molar-refractivity contribution in [3.8, 4) is 17.1 Å². The number of fused-ring (bicyclic) bond motifs is 1. The lowest BCUT2D eigenvalue weighted by molar-refractivity contribution is 0.0920. The SMILES string of the molecule is CNC(=O)c1c(-c2ccc(F)cc2)oc2cc(N(C)S(C)(=O)=O)c(OCC(=O)c3ccc(F)cc3)cc12. The van der Waals surface area contributed by atoms with Crippen LogP contribution in [0.4, 0.5) is 14.5 Å². The molecule has 0 aliphatic carbocycles. The molecule has 37 heavy (non-hydrogen) atoms. The van der Waals surface area contributed by atoms with Crippen LogP contribution in [0.3, 0.4) is 0 Å². The molecule has 0 fully saturated rings. The zero-order chi connectivity index (χ0) is 26.9. The van der Waals surface area contributed by atoms with E-state index in [-0.39, 0.29) is 39.3 Å². The Kier molecular flexibility index (Phi) is 6.99. The highest BCUT2D eigenvalue weighted by atomic mass is 32.2. The molecule has 3 aromatic carbocycles. The quantitative estimate of drug-likeness (QED) is 0.340. The van der Waals surface area contributed by atoms with Crippen LogP contribution in [0.15, 0.2) is 65.1 Å². The summed E-state index contributed by atoms with van der Waals surface area (Å²) in [5, 5.41) is 2.82. The summed E-state index contributed by atoms with van der Waals surface area (Å²) >= 11 is 0. The molecule has 1 N–H and O–H groups in total. The molecule has 192 valence electrons. The summed E-state index contributed by atoms with van der Waals surface area (Å²) in [5.74, 6) is -1.82. The number of sulfonamides is 1. The molecule has 4 rings (SSSR count). The number of furan rings is 1. The summed E-state index contributed by atoms with van der Waals surface area (Å²) in [5.41, 5.74) is 0.967. The molecule has 0 saturated carbocycles. The van der Waals surface area contributed by atoms with E-state index in [4.69, 9.17) is 9.15 Å². The van der Waals surface area contributed by atoms with Crippen molar-refractivity contribution in [1.82, 2.24) is 5.32 Å². The average molecular weight is 529 g/mol. The summed E-state index contributed by atoms with van der Waals surface area (Å²) in [7, 11) is -1.03. The Bertz CT molecular complexity index is 1600. The van der Waals surface area contributed by atoms with Gasteiger partial charge < -0.3 is 14.5 Å². The zero-order valence-corrected chi connectivity index (χ0v) is 20.9. The van der Waals surface area contributed by atoms with Crippen LogP contribution >= 0.6 is 0 Å². The van der Waals surface area contributed by atoms with E-state index < -0.39 is 40.0 Å². The van der Waals surface area contributed by atoms with Crippen LogP contribution in [0.1, 0.15) is 20.7 Å². The van der Waals surface area contributed by atoms with Gasteiger partial charge in [0.15, 0.2) is 12.4 Å². The lowest BCUT2D eigenvalue weighted by Crippen LogP contribution is -2.26. The van der Waals surface area contributed by atoms with Gasteiger partial charge >= 0.3 is 0 Å². The molecule has 0 unspecified atom stereocenters. The molecular weight excluding hydrogens is 506 g/mol. The molecule has 8 nitrogen and oxygen atoms in total. The second-order valence-corrected chi connectivity index (χ2v) is 10.2. The first kappa shape index (κ1) is 25.8. The summed E-state index contributed by atoms with van der Waals surface area (Å²) in [6.45, 7) is -0.486. The minimum atomic E-state index is -3.76. The number of carbonyl (C=O) groups is 2. The van der Waals surface area contributed by atoms with E-state index in [1.807, 2.05) is 0 Å². The molecule has 0 radical (unpaired) electrons. The second kappa shape index (κ2) is 10.0. The van der Waals surface area contributed by atoms with Crippen LogP contribution in [0.2, 0.25) is 0 Å². The van der Waals surface area contributed by atoms with Gasteiger partial charge in [0, 0.05) is 36.7 Å². The second-order valence-electron chi connectivity index (χ2n) is 8.16. The minimum Gasteiger partial charge on any atom is -0.483 e. The Morgan fingerprint density at radius 2 is 1.59 bits per heavy atom. The maximum Gasteiger partial charge on any atom is 0.255 e. The predicted molar refractivity (Wildman–Crippen MR) is 134 cm³/mol. The summed E-state index contributed by atoms with van der Waals surface area (Å²) in [4.78, 5) is 25.5. The topological polar surface area (TPSA) is 106 Å². The van der Waals surface area contributed by atoms with E-state index in [1.54, 1.807) is 0 Å². The van der Waals surface area contributed by atoms with Crippen LogP contribution < -0.4 is 14.4 Å². The molecule has 1 aromatic heterocycles. The fourth-order valence-electron chi connectivity index (χ4n) is 3.67. The number of halogens is 2. The Morgan fingerprint density at radius 3 is 2.16 bits per heavy atom. The Labute approximate surface area is 211 Å². The van der Waals surface area contributed by atoms with Crippen molar-refractivity contribution < 1.29 is 35.9 Å². The van der Waals surface area contributed by atoms with Gasteiger partial charge in [-0.3, -0.25) is 13.9 Å². The van der Waals surface area contributed by atoms with E-state index in [2.05, 4.69) is 5.32 Å². The van der Waals surface area contributed by atoms with Crippen molar-refractivity contribution in [2.24, 2.45) is 0 Å². The fraction of sp³-hybridized carbons (Fsp3) is 0.154. The minimum absolute atomic E-state index is 0.00695. The average Bonchev–Trinajstić information content (AvgIpc) is 3.24. The van der Waals surface area contributed by atoms with Crippen LogP contribution in [-0.4, -0.2) is 47.1 Å². The molecule has 0 aliphatic rings. The smallest absolute Gasteiger partial charge is 0.255 e. The van der Waals surface area contributed by atoms with Crippen LogP contribution in [0.5, 0.6) is 5.75 Å². The van der Waals surface area contributed by atoms with Crippen LogP contribution in [-0.2, 0) is 10.0 Å². The van der Waals surface area contributed by atoms with Gasteiger partial charge in [0.05, 0.1) is 17.5 Å². The van der Waals surface area contributed by atoms with Crippen LogP contribution in [0.25, 0.3) is 22.3 Å². The van der Waals surface area contributed by atoms with Gasteiger partial charge in [-0.15, -0.1) is 0 Å². The fourth-order valence-corrected chi connectivity index (χ4v) is 4.17. The van der Waals surface area contributed by atoms with Gasteiger partial charge in [0.25, 0.3) is 5.91 Å². The first-order valence-corrected chi connectivity index (χ1v) is 12.8. The maximum absolute atomic E-state index is 13.5. The number of hydrogen-bond acceptors (Lipinski definition) is 6. The third-order valence-corrected chi connectivity index (χ3v) is 6.88. The van der Waals surface area contributed by atoms with E-state index in [0.29, 0.717) is 5.56 Å². The number of benzene rings is 3. The van der Waals surface area contributed by atoms with Crippen molar-refractivity contribution >= 4 is 38.4 Å². The zero-order valence-electron chi connectivity index (χ0n) is 20.0. The Morgan fingerprint density at radius 1 is 1.00 bits per heavy atom. The van der Waals surface area contributed by atoms with E-state index in [9.17, 15) is 26.8 Å². The molecule has 0 saturated heterocycles. The third-order valence-electron chi connectivity index (χ3n) is 5.69. The number of ketones is 1. The number of anilines is 1. The van der Waals surface area contributed by atoms with Gasteiger partial charge in [-0.1, -0.05) is 0 Å². The van der Waals surface area contributed by atoms with Crippen molar-refractivity contribution in [3.63, 3.8) is 0 Å². The lowest BCUT2D eigenvalue weighted by atomic mass is 10.0. The molecule has 4 aromatic rings. The highest BCUT2D eigenvalue weighted by molar-refractivity contribution is 7.92. The number of amides is 1. The molecule has 0 bridgehead atoms. The largest absolute Gasteiger partial charge is 0.483 e. The molecule has 1 amide bonds. The number of Topliss-reactive ketones (excluding diaryl/α,β-unsaturated/α-hetero) is 1. The van der Waals surface area contributed by atoms with Gasteiger partial charge in [-0.2, -0.15) is 0 Å². The molecule has 0 atom stereocenters. The number of carbonyl (C=O) groups excluding carboxylic acids is 2. The molecule has 11 heteroatoms. The Balaban J connectivity index is 1.85. The summed E-state index contributed by atoms with van der Waals surface area (Å²) in [6.07, 6.45) is 0.993. The van der Waals surface area contributed by atoms with Gasteiger partial charge in [-0.05, 0) is 54.6 Å². The molecule has 0 spiro atoms. The maximum atomic E-state index is 13.5. The first-order valence-electron chi connectivity index (χ1n) is 10.9. The monoisotopic (exact) mass is 528 g/mol. The van der Waals surface area contributed by atoms with E-state index >= 15 is 0 Å². The number of rotatable bonds is 8. The Hall–Kier alpha value is -4.25. The number of ether oxygens (including phenoxy) is 1. The first-order chi connectivity index (χ1) is 17.5. The number of nitrogens with zero attached hydrogens (tertiary/aromatic N) is 1. The van der Waals surface area contributed by atoms with E-state index in [0.717, 1.165) is 22.7 Å². The van der Waals surface area contributed by atoms with Crippen LogP contribution in [0, 0.1) is 11.6 Å². The van der Waals surface area contributed by atoms with Gasteiger partial charge in [0.2, 0.25) is 10.0 Å². The van der Waals surface area contributed by atoms with Crippen molar-refractivity contribution in [3.05, 3.63) is 83.4 Å². The predicted octanol–water partition coefficient (Wildman–Crippen LogP) is 4.40. The molecular formula is C26H22F2N2O6S. The highest BCUT2D eigenvalue weighted by Gasteiger charge is 2.26. The van der Waals surface area contributed by atoms with Crippen molar-refractivity contribution in [1.29, 1.82) is 0 Å². The summed E-state index contributed by atoms with van der Waals surface area (Å²) in [6, 6.07) is 13.0. The molecule has 1 heterocycles. The lowest BCUT2D eigenvalue weighted by Gasteiger charge is -2.20. The van der Waals surface area contributed by atoms with Crippen molar-refractivity contribution in [2.75, 3.05) is 31.3 Å². The number of nitrogens with one attached hydrogen (secondary N) is 1. The normalized spacial score (nSPS) is 11.4. The van der Waals surface area contributed by atoms with Crippen molar-refractivity contribution in [2.45, 2.75) is 0 Å². The third kappa shape index (κ3) is 5.31. The van der Waals surface area contributed by atoms with Gasteiger partial charge in [-0.25, -0.2) is 17.2 Å². The van der Waals surface area contributed by atoms with E-state index in [1.165, 1.54) is 62.6 Å². The summed E-state index contributed by atoms with van der Waals surface area (Å²) < 4.78 is 64.0. The number of hydrogen-bond donors (Lipinski definition) is 1. The standard InChI is InChI=1S/C26H22F2N2O6S/c1-29-26(32)24-19-12-23(35-14-21(31)15-4-8-17(27)9-5-15)20(30(2)37(3,33)34)13-22(19)36-25(24)16-6-10-18(28)11-7-16/h4-13H,14H2,1-3H3,(H,29,32). The highest BCUT2D eigenvalue weighted by Crippen LogP contribution is 2.40. The van der Waals surface area contributed by atoms with Gasteiger partial charge in [0.1, 0.15) is 28.7 Å².